The Morgan fingerprint density at radius 2 is 2.29 bits per heavy atom. The first-order chi connectivity index (χ1) is 8.22. The van der Waals surface area contributed by atoms with Gasteiger partial charge in [-0.15, -0.1) is 0 Å². The maximum Gasteiger partial charge on any atom is 0.142 e. The van der Waals surface area contributed by atoms with E-state index in [4.69, 9.17) is 4.74 Å². The molecule has 2 unspecified atom stereocenters. The van der Waals surface area contributed by atoms with E-state index >= 15 is 0 Å². The molecule has 1 N–H and O–H groups in total. The van der Waals surface area contributed by atoms with Gasteiger partial charge in [-0.1, -0.05) is 13.8 Å². The predicted molar refractivity (Wildman–Crippen MR) is 74.8 cm³/mol. The quantitative estimate of drug-likeness (QED) is 0.811. The average molecular weight is 254 g/mol. The number of thioether (sulfide) groups is 1. The van der Waals surface area contributed by atoms with Gasteiger partial charge in [-0.05, 0) is 25.6 Å². The van der Waals surface area contributed by atoms with Crippen LogP contribution in [0.5, 0.6) is 5.75 Å². The number of pyridine rings is 1. The van der Waals surface area contributed by atoms with E-state index in [1.807, 2.05) is 37.1 Å². The molecule has 0 radical (unpaired) electrons. The van der Waals surface area contributed by atoms with Gasteiger partial charge in [0.15, 0.2) is 0 Å². The zero-order chi connectivity index (χ0) is 12.7. The van der Waals surface area contributed by atoms with Crippen LogP contribution in [0.25, 0.3) is 0 Å². The first-order valence-corrected chi connectivity index (χ1v) is 7.05. The van der Waals surface area contributed by atoms with Gasteiger partial charge in [0.25, 0.3) is 0 Å². The highest BCUT2D eigenvalue weighted by molar-refractivity contribution is 7.99. The molecule has 17 heavy (non-hydrogen) atoms. The highest BCUT2D eigenvalue weighted by Crippen LogP contribution is 2.27. The van der Waals surface area contributed by atoms with E-state index in [9.17, 15) is 0 Å². The van der Waals surface area contributed by atoms with E-state index < -0.39 is 0 Å². The Kier molecular flexibility index (Phi) is 6.37. The fourth-order valence-corrected chi connectivity index (χ4v) is 2.60. The van der Waals surface area contributed by atoms with Gasteiger partial charge in [0.05, 0.1) is 18.8 Å². The number of hydrogen-bond acceptors (Lipinski definition) is 4. The smallest absolute Gasteiger partial charge is 0.142 e. The summed E-state index contributed by atoms with van der Waals surface area (Å²) in [5, 5.41) is 3.99. The van der Waals surface area contributed by atoms with Gasteiger partial charge >= 0.3 is 0 Å². The molecule has 2 atom stereocenters. The molecule has 0 aliphatic heterocycles. The standard InChI is InChI=1S/C13H22N2OS/c1-5-10(2)17-9-11(14-3)13-12(16-4)7-6-8-15-13/h6-8,10-11,14H,5,9H2,1-4H3. The number of nitrogens with one attached hydrogen (secondary N) is 1. The van der Waals surface area contributed by atoms with Gasteiger partial charge in [0.1, 0.15) is 5.75 Å². The Labute approximate surface area is 108 Å². The van der Waals surface area contributed by atoms with Crippen molar-refractivity contribution in [2.75, 3.05) is 19.9 Å². The highest BCUT2D eigenvalue weighted by Gasteiger charge is 2.16. The minimum absolute atomic E-state index is 0.241. The number of rotatable bonds is 7. The number of nitrogens with zero attached hydrogens (tertiary/aromatic N) is 1. The monoisotopic (exact) mass is 254 g/mol. The molecule has 1 heterocycles. The van der Waals surface area contributed by atoms with E-state index in [2.05, 4.69) is 24.1 Å². The SMILES string of the molecule is CCC(C)SCC(NC)c1ncccc1OC. The number of ether oxygens (including phenoxy) is 1. The normalized spacial score (nSPS) is 14.4. The molecular formula is C13H22N2OS. The van der Waals surface area contributed by atoms with E-state index in [1.165, 1.54) is 6.42 Å². The van der Waals surface area contributed by atoms with Gasteiger partial charge in [0.2, 0.25) is 0 Å². The second kappa shape index (κ2) is 7.56. The lowest BCUT2D eigenvalue weighted by atomic mass is 10.2. The molecule has 96 valence electrons. The fraction of sp³-hybridized carbons (Fsp3) is 0.615. The summed E-state index contributed by atoms with van der Waals surface area (Å²) < 4.78 is 5.35. The number of hydrogen-bond donors (Lipinski definition) is 1. The summed E-state index contributed by atoms with van der Waals surface area (Å²) in [4.78, 5) is 4.42. The van der Waals surface area contributed by atoms with Crippen LogP contribution >= 0.6 is 11.8 Å². The predicted octanol–water partition coefficient (Wildman–Crippen LogP) is 2.88. The summed E-state index contributed by atoms with van der Waals surface area (Å²) in [5.41, 5.74) is 0.994. The molecule has 0 amide bonds. The van der Waals surface area contributed by atoms with Crippen molar-refractivity contribution in [3.8, 4) is 5.75 Å². The Morgan fingerprint density at radius 3 is 2.88 bits per heavy atom. The van der Waals surface area contributed by atoms with Crippen LogP contribution in [0, 0.1) is 0 Å². The summed E-state index contributed by atoms with van der Waals surface area (Å²) in [7, 11) is 3.66. The Balaban J connectivity index is 2.72. The van der Waals surface area contributed by atoms with E-state index in [0.29, 0.717) is 5.25 Å². The molecule has 3 nitrogen and oxygen atoms in total. The average Bonchev–Trinajstić information content (AvgIpc) is 2.39. The van der Waals surface area contributed by atoms with Crippen molar-refractivity contribution in [3.63, 3.8) is 0 Å². The Hall–Kier alpha value is -0.740. The van der Waals surface area contributed by atoms with Gasteiger partial charge in [-0.2, -0.15) is 11.8 Å². The van der Waals surface area contributed by atoms with Gasteiger partial charge in [-0.3, -0.25) is 4.98 Å². The maximum atomic E-state index is 5.35. The molecule has 0 aromatic carbocycles. The summed E-state index contributed by atoms with van der Waals surface area (Å²) in [6, 6.07) is 4.10. The summed E-state index contributed by atoms with van der Waals surface area (Å²) >= 11 is 1.97. The molecule has 0 fully saturated rings. The van der Waals surface area contributed by atoms with E-state index in [1.54, 1.807) is 7.11 Å². The van der Waals surface area contributed by atoms with Crippen LogP contribution in [0.4, 0.5) is 0 Å². The van der Waals surface area contributed by atoms with Crippen molar-refractivity contribution in [1.29, 1.82) is 0 Å². The lowest BCUT2D eigenvalue weighted by Crippen LogP contribution is -2.21. The van der Waals surface area contributed by atoms with E-state index in [-0.39, 0.29) is 6.04 Å². The summed E-state index contributed by atoms with van der Waals surface area (Å²) in [6.07, 6.45) is 3.01. The van der Waals surface area contributed by atoms with Crippen molar-refractivity contribution >= 4 is 11.8 Å². The first kappa shape index (κ1) is 14.3. The molecule has 0 saturated carbocycles. The van der Waals surface area contributed by atoms with Crippen LogP contribution < -0.4 is 10.1 Å². The molecule has 0 bridgehead atoms. The Bertz CT molecular complexity index is 333. The Morgan fingerprint density at radius 1 is 1.53 bits per heavy atom. The number of methoxy groups -OCH3 is 1. The van der Waals surface area contributed by atoms with Crippen LogP contribution in [-0.4, -0.2) is 30.1 Å². The molecule has 0 spiro atoms. The molecule has 0 aliphatic rings. The van der Waals surface area contributed by atoms with Crippen molar-refractivity contribution < 1.29 is 4.74 Å². The van der Waals surface area contributed by atoms with Crippen LogP contribution in [0.1, 0.15) is 32.0 Å². The minimum Gasteiger partial charge on any atom is -0.495 e. The van der Waals surface area contributed by atoms with Gasteiger partial charge in [0, 0.05) is 17.2 Å². The van der Waals surface area contributed by atoms with Crippen molar-refractivity contribution in [1.82, 2.24) is 10.3 Å². The second-order valence-electron chi connectivity index (χ2n) is 3.98. The molecule has 0 saturated heterocycles. The third-order valence-electron chi connectivity index (χ3n) is 2.82. The molecule has 1 rings (SSSR count). The third kappa shape index (κ3) is 4.21. The largest absolute Gasteiger partial charge is 0.495 e. The summed E-state index contributed by atoms with van der Waals surface area (Å²) in [6.45, 7) is 4.47. The first-order valence-electron chi connectivity index (χ1n) is 6.00. The minimum atomic E-state index is 0.241. The van der Waals surface area contributed by atoms with Crippen LogP contribution in [0.2, 0.25) is 0 Å². The van der Waals surface area contributed by atoms with Gasteiger partial charge < -0.3 is 10.1 Å². The lowest BCUT2D eigenvalue weighted by molar-refractivity contribution is 0.400. The van der Waals surface area contributed by atoms with Crippen molar-refractivity contribution in [2.45, 2.75) is 31.6 Å². The maximum absolute atomic E-state index is 5.35. The molecule has 4 heteroatoms. The second-order valence-corrected chi connectivity index (χ2v) is 5.46. The summed E-state index contributed by atoms with van der Waals surface area (Å²) in [5.74, 6) is 1.87. The zero-order valence-electron chi connectivity index (χ0n) is 11.1. The molecule has 1 aromatic rings. The molecule has 0 aliphatic carbocycles. The van der Waals surface area contributed by atoms with Crippen molar-refractivity contribution in [3.05, 3.63) is 24.0 Å². The van der Waals surface area contributed by atoms with Gasteiger partial charge in [-0.25, -0.2) is 0 Å². The van der Waals surface area contributed by atoms with E-state index in [0.717, 1.165) is 17.2 Å². The molecular weight excluding hydrogens is 232 g/mol. The lowest BCUT2D eigenvalue weighted by Gasteiger charge is -2.19. The number of aromatic nitrogens is 1. The fourth-order valence-electron chi connectivity index (χ4n) is 1.51. The van der Waals surface area contributed by atoms with Crippen LogP contribution in [0.3, 0.4) is 0 Å². The molecule has 1 aromatic heterocycles. The van der Waals surface area contributed by atoms with Crippen molar-refractivity contribution in [2.24, 2.45) is 0 Å². The topological polar surface area (TPSA) is 34.2 Å². The van der Waals surface area contributed by atoms with Crippen LogP contribution in [-0.2, 0) is 0 Å². The zero-order valence-corrected chi connectivity index (χ0v) is 11.9. The highest BCUT2D eigenvalue weighted by atomic mass is 32.2. The van der Waals surface area contributed by atoms with Crippen LogP contribution in [0.15, 0.2) is 18.3 Å². The third-order valence-corrected chi connectivity index (χ3v) is 4.25.